The Morgan fingerprint density at radius 2 is 1.86 bits per heavy atom. The van der Waals surface area contributed by atoms with E-state index in [4.69, 9.17) is 9.84 Å². The Kier molecular flexibility index (Phi) is 8.97. The maximum Gasteiger partial charge on any atom is 0.408 e. The molecule has 1 atom stereocenters. The summed E-state index contributed by atoms with van der Waals surface area (Å²) in [6, 6.07) is 8.79. The van der Waals surface area contributed by atoms with Crippen molar-refractivity contribution in [2.24, 2.45) is 0 Å². The maximum atomic E-state index is 11.6. The summed E-state index contributed by atoms with van der Waals surface area (Å²) in [6.07, 6.45) is -0.713. The number of hydrogen-bond donors (Lipinski definition) is 2. The molecule has 1 aromatic carbocycles. The predicted octanol–water partition coefficient (Wildman–Crippen LogP) is 3.32. The highest BCUT2D eigenvalue weighted by molar-refractivity contribution is 7.98. The monoisotopic (exact) mass is 347 g/mol. The number of hydrogen-bond acceptors (Lipinski definition) is 4. The highest BCUT2D eigenvalue weighted by Gasteiger charge is 2.23. The maximum absolute atomic E-state index is 11.6. The number of carbonyl (C=O) groups excluding carboxylic acids is 1. The lowest BCUT2D eigenvalue weighted by Gasteiger charge is -2.21. The molecule has 0 aliphatic rings. The molecule has 0 aliphatic heterocycles. The normalized spacial score (nSPS) is 12.0. The molecule has 0 saturated heterocycles. The largest absolute Gasteiger partial charge is 0.480 e. The smallest absolute Gasteiger partial charge is 0.408 e. The van der Waals surface area contributed by atoms with Crippen molar-refractivity contribution in [3.05, 3.63) is 35.9 Å². The average molecular weight is 348 g/mol. The number of carboxylic acids is 1. The van der Waals surface area contributed by atoms with Crippen LogP contribution < -0.4 is 5.32 Å². The van der Waals surface area contributed by atoms with E-state index in [1.807, 2.05) is 30.3 Å². The van der Waals surface area contributed by atoms with Gasteiger partial charge < -0.3 is 15.2 Å². The predicted molar refractivity (Wildman–Crippen MR) is 90.6 cm³/mol. The topological polar surface area (TPSA) is 75.6 Å². The van der Waals surface area contributed by atoms with Crippen molar-refractivity contribution in [2.75, 3.05) is 5.75 Å². The summed E-state index contributed by atoms with van der Waals surface area (Å²) in [6.45, 7) is 5.19. The molecule has 0 radical (unpaired) electrons. The van der Waals surface area contributed by atoms with Crippen molar-refractivity contribution in [1.82, 2.24) is 5.32 Å². The van der Waals surface area contributed by atoms with Crippen LogP contribution in [0, 0.1) is 0 Å². The summed E-state index contributed by atoms with van der Waals surface area (Å²) in [7, 11) is 0. The lowest BCUT2D eigenvalue weighted by molar-refractivity contribution is -0.138. The van der Waals surface area contributed by atoms with Gasteiger partial charge in [-0.1, -0.05) is 30.3 Å². The number of carboxylic acid groups (broad SMARTS) is 1. The Morgan fingerprint density at radius 1 is 1.27 bits per heavy atom. The van der Waals surface area contributed by atoms with Crippen LogP contribution in [0.2, 0.25) is 0 Å². The lowest BCUT2D eigenvalue weighted by atomic mass is 10.2. The Labute approximate surface area is 141 Å². The van der Waals surface area contributed by atoms with Gasteiger partial charge in [-0.2, -0.15) is 11.8 Å². The third kappa shape index (κ3) is 8.79. The van der Waals surface area contributed by atoms with E-state index in [1.54, 1.807) is 20.8 Å². The van der Waals surface area contributed by atoms with E-state index >= 15 is 0 Å². The standard InChI is InChI=1S/C15H21NO4S.ClH/c1-15(2,3)20-14(19)16-12(13(17)18)10-21-9-11-7-5-4-6-8-11;/h4-8,12H,9-10H2,1-3H3,(H,16,19)(H,17,18);1H/t12-;/m0./s1. The number of carbonyl (C=O) groups is 2. The first-order chi connectivity index (χ1) is 9.78. The van der Waals surface area contributed by atoms with Crippen LogP contribution in [-0.2, 0) is 15.3 Å². The third-order valence-corrected chi connectivity index (χ3v) is 3.49. The van der Waals surface area contributed by atoms with Crippen LogP contribution in [0.1, 0.15) is 26.3 Å². The van der Waals surface area contributed by atoms with Crippen molar-refractivity contribution in [3.8, 4) is 0 Å². The Morgan fingerprint density at radius 3 is 2.36 bits per heavy atom. The number of amides is 1. The van der Waals surface area contributed by atoms with Crippen molar-refractivity contribution < 1.29 is 19.4 Å². The van der Waals surface area contributed by atoms with Crippen LogP contribution in [0.25, 0.3) is 0 Å². The summed E-state index contributed by atoms with van der Waals surface area (Å²) < 4.78 is 5.06. The van der Waals surface area contributed by atoms with E-state index in [0.717, 1.165) is 5.56 Å². The first kappa shape index (κ1) is 20.6. The van der Waals surface area contributed by atoms with E-state index in [0.29, 0.717) is 5.75 Å². The molecule has 0 bridgehead atoms. The summed E-state index contributed by atoms with van der Waals surface area (Å²) >= 11 is 1.45. The second-order valence-electron chi connectivity index (χ2n) is 5.54. The summed E-state index contributed by atoms with van der Waals surface area (Å²) in [5.74, 6) is -0.0919. The van der Waals surface area contributed by atoms with Crippen LogP contribution in [0.15, 0.2) is 30.3 Å². The molecule has 5 nitrogen and oxygen atoms in total. The summed E-state index contributed by atoms with van der Waals surface area (Å²) in [5, 5.41) is 11.5. The summed E-state index contributed by atoms with van der Waals surface area (Å²) in [4.78, 5) is 22.8. The molecule has 0 spiro atoms. The number of aliphatic carboxylic acids is 1. The van der Waals surface area contributed by atoms with Gasteiger partial charge in [0.2, 0.25) is 0 Å². The zero-order valence-electron chi connectivity index (χ0n) is 12.9. The molecule has 124 valence electrons. The van der Waals surface area contributed by atoms with E-state index in [9.17, 15) is 9.59 Å². The molecule has 1 rings (SSSR count). The Hall–Kier alpha value is -1.40. The van der Waals surface area contributed by atoms with Gasteiger partial charge in [-0.25, -0.2) is 9.59 Å². The van der Waals surface area contributed by atoms with Gasteiger partial charge in [0, 0.05) is 11.5 Å². The molecular weight excluding hydrogens is 326 g/mol. The minimum Gasteiger partial charge on any atom is -0.480 e. The Balaban J connectivity index is 0.00000441. The van der Waals surface area contributed by atoms with Crippen molar-refractivity contribution in [2.45, 2.75) is 38.2 Å². The van der Waals surface area contributed by atoms with Crippen molar-refractivity contribution in [3.63, 3.8) is 0 Å². The second kappa shape index (κ2) is 9.58. The van der Waals surface area contributed by atoms with Crippen LogP contribution in [0.3, 0.4) is 0 Å². The number of rotatable bonds is 6. The average Bonchev–Trinajstić information content (AvgIpc) is 2.36. The van der Waals surface area contributed by atoms with Gasteiger partial charge in [-0.15, -0.1) is 12.4 Å². The zero-order valence-corrected chi connectivity index (χ0v) is 14.5. The molecule has 22 heavy (non-hydrogen) atoms. The molecule has 0 aliphatic carbocycles. The Bertz CT molecular complexity index is 476. The highest BCUT2D eigenvalue weighted by Crippen LogP contribution is 2.13. The highest BCUT2D eigenvalue weighted by atomic mass is 35.5. The van der Waals surface area contributed by atoms with Gasteiger partial charge in [0.15, 0.2) is 0 Å². The van der Waals surface area contributed by atoms with Gasteiger partial charge in [-0.3, -0.25) is 0 Å². The fourth-order valence-electron chi connectivity index (χ4n) is 1.49. The van der Waals surface area contributed by atoms with E-state index in [-0.39, 0.29) is 18.2 Å². The molecule has 0 unspecified atom stereocenters. The number of thioether (sulfide) groups is 1. The fraction of sp³-hybridized carbons (Fsp3) is 0.467. The number of halogens is 1. The summed E-state index contributed by atoms with van der Waals surface area (Å²) in [5.41, 5.74) is 0.466. The third-order valence-electron chi connectivity index (χ3n) is 2.39. The van der Waals surface area contributed by atoms with Gasteiger partial charge in [-0.05, 0) is 26.3 Å². The molecular formula is C15H22ClNO4S. The molecule has 0 heterocycles. The molecule has 7 heteroatoms. The number of nitrogens with one attached hydrogen (secondary N) is 1. The second-order valence-corrected chi connectivity index (χ2v) is 6.57. The van der Waals surface area contributed by atoms with Gasteiger partial charge in [0.1, 0.15) is 11.6 Å². The number of alkyl carbamates (subject to hydrolysis) is 1. The van der Waals surface area contributed by atoms with E-state index in [1.165, 1.54) is 11.8 Å². The van der Waals surface area contributed by atoms with E-state index < -0.39 is 23.7 Å². The van der Waals surface area contributed by atoms with Gasteiger partial charge in [0.05, 0.1) is 0 Å². The first-order valence-corrected chi connectivity index (χ1v) is 7.77. The van der Waals surface area contributed by atoms with Gasteiger partial charge in [0.25, 0.3) is 0 Å². The quantitative estimate of drug-likeness (QED) is 0.825. The lowest BCUT2D eigenvalue weighted by Crippen LogP contribution is -2.44. The van der Waals surface area contributed by atoms with Crippen molar-refractivity contribution >= 4 is 36.2 Å². The van der Waals surface area contributed by atoms with Gasteiger partial charge >= 0.3 is 12.1 Å². The molecule has 1 amide bonds. The van der Waals surface area contributed by atoms with Crippen LogP contribution in [0.4, 0.5) is 4.79 Å². The van der Waals surface area contributed by atoms with Crippen molar-refractivity contribution in [1.29, 1.82) is 0 Å². The zero-order chi connectivity index (χ0) is 15.9. The molecule has 1 aromatic rings. The van der Waals surface area contributed by atoms with Crippen LogP contribution in [0.5, 0.6) is 0 Å². The molecule has 2 N–H and O–H groups in total. The molecule has 0 fully saturated rings. The van der Waals surface area contributed by atoms with Crippen LogP contribution >= 0.6 is 24.2 Å². The SMILES string of the molecule is CC(C)(C)OC(=O)N[C@@H](CSCc1ccccc1)C(=O)O.Cl. The molecule has 0 aromatic heterocycles. The fourth-order valence-corrected chi connectivity index (χ4v) is 2.50. The minimum atomic E-state index is -1.07. The molecule has 0 saturated carbocycles. The van der Waals surface area contributed by atoms with Crippen LogP contribution in [-0.4, -0.2) is 34.6 Å². The number of benzene rings is 1. The minimum absolute atomic E-state index is 0. The van der Waals surface area contributed by atoms with E-state index in [2.05, 4.69) is 5.32 Å². The number of ether oxygens (including phenoxy) is 1. The first-order valence-electron chi connectivity index (χ1n) is 6.62.